The highest BCUT2D eigenvalue weighted by molar-refractivity contribution is 7.07. The van der Waals surface area contributed by atoms with Gasteiger partial charge in [0.05, 0.1) is 16.3 Å². The molecule has 1 amide bonds. The number of rotatable bonds is 2. The van der Waals surface area contributed by atoms with E-state index in [1.165, 1.54) is 11.3 Å². The maximum absolute atomic E-state index is 13.4. The first-order valence-corrected chi connectivity index (χ1v) is 10.0. The first kappa shape index (κ1) is 17.9. The van der Waals surface area contributed by atoms with E-state index >= 15 is 0 Å². The molecule has 4 heterocycles. The van der Waals surface area contributed by atoms with Crippen LogP contribution >= 0.6 is 11.3 Å². The zero-order valence-electron chi connectivity index (χ0n) is 16.1. The SMILES string of the molecule is Cc1nn(C)cc1/C=c1\sc2n(c1=O)[C@H]1c3ccccc3O[C@@](C)(N=2)[C@@H]1C(N)=O. The number of thiazole rings is 1. The molecule has 5 rings (SSSR count). The lowest BCUT2D eigenvalue weighted by molar-refractivity contribution is -0.133. The first-order chi connectivity index (χ1) is 13.8. The number of hydrogen-bond donors (Lipinski definition) is 1. The number of fused-ring (bicyclic) bond motifs is 6. The summed E-state index contributed by atoms with van der Waals surface area (Å²) in [6.07, 6.45) is 3.67. The molecule has 0 saturated heterocycles. The Bertz CT molecular complexity index is 1350. The van der Waals surface area contributed by atoms with Crippen molar-refractivity contribution in [3.63, 3.8) is 0 Å². The molecule has 9 heteroatoms. The van der Waals surface area contributed by atoms with Crippen LogP contribution in [0.5, 0.6) is 5.75 Å². The lowest BCUT2D eigenvalue weighted by Crippen LogP contribution is -2.59. The molecule has 0 spiro atoms. The third-order valence-electron chi connectivity index (χ3n) is 5.52. The van der Waals surface area contributed by atoms with Gasteiger partial charge in [-0.3, -0.25) is 18.8 Å². The predicted octanol–water partition coefficient (Wildman–Crippen LogP) is 0.213. The van der Waals surface area contributed by atoms with Gasteiger partial charge < -0.3 is 10.5 Å². The zero-order valence-corrected chi connectivity index (χ0v) is 16.9. The van der Waals surface area contributed by atoms with E-state index in [0.717, 1.165) is 16.8 Å². The minimum atomic E-state index is -1.16. The van der Waals surface area contributed by atoms with Gasteiger partial charge in [-0.25, -0.2) is 4.99 Å². The fraction of sp³-hybridized carbons (Fsp3) is 0.300. The number of ether oxygens (including phenoxy) is 1. The number of nitrogens with two attached hydrogens (primary N) is 1. The lowest BCUT2D eigenvalue weighted by Gasteiger charge is -2.44. The van der Waals surface area contributed by atoms with Crippen molar-refractivity contribution in [3.8, 4) is 5.75 Å². The second-order valence-electron chi connectivity index (χ2n) is 7.54. The van der Waals surface area contributed by atoms with Gasteiger partial charge in [-0.15, -0.1) is 0 Å². The molecule has 1 aromatic carbocycles. The Hall–Kier alpha value is -3.20. The summed E-state index contributed by atoms with van der Waals surface area (Å²) in [4.78, 5) is 31.0. The quantitative estimate of drug-likeness (QED) is 0.653. The van der Waals surface area contributed by atoms with Crippen LogP contribution < -0.4 is 25.4 Å². The minimum Gasteiger partial charge on any atom is -0.465 e. The second kappa shape index (κ2) is 5.90. The van der Waals surface area contributed by atoms with E-state index in [-0.39, 0.29) is 5.56 Å². The highest BCUT2D eigenvalue weighted by atomic mass is 32.1. The number of nitrogens with zero attached hydrogens (tertiary/aromatic N) is 4. The van der Waals surface area contributed by atoms with Crippen molar-refractivity contribution >= 4 is 23.3 Å². The molecule has 0 fully saturated rings. The topological polar surface area (TPSA) is 104 Å². The Balaban J connectivity index is 1.82. The summed E-state index contributed by atoms with van der Waals surface area (Å²) in [5.41, 5.74) is 6.83. The van der Waals surface area contributed by atoms with Crippen LogP contribution in [0.3, 0.4) is 0 Å². The summed E-state index contributed by atoms with van der Waals surface area (Å²) in [6, 6.07) is 6.84. The zero-order chi connectivity index (χ0) is 20.5. The number of hydrogen-bond acceptors (Lipinski definition) is 6. The van der Waals surface area contributed by atoms with Crippen molar-refractivity contribution < 1.29 is 9.53 Å². The number of amides is 1. The summed E-state index contributed by atoms with van der Waals surface area (Å²) in [6.45, 7) is 3.64. The first-order valence-electron chi connectivity index (χ1n) is 9.19. The molecule has 2 aliphatic heterocycles. The van der Waals surface area contributed by atoms with Gasteiger partial charge in [0.2, 0.25) is 11.6 Å². The van der Waals surface area contributed by atoms with Crippen molar-refractivity contribution in [2.24, 2.45) is 23.7 Å². The minimum absolute atomic E-state index is 0.202. The third kappa shape index (κ3) is 2.50. The van der Waals surface area contributed by atoms with Crippen molar-refractivity contribution in [1.82, 2.24) is 14.3 Å². The molecule has 3 atom stereocenters. The molecule has 2 aliphatic rings. The summed E-state index contributed by atoms with van der Waals surface area (Å²) < 4.78 is 9.93. The van der Waals surface area contributed by atoms with Crippen LogP contribution in [0.15, 0.2) is 40.2 Å². The molecule has 2 bridgehead atoms. The molecule has 8 nitrogen and oxygen atoms in total. The van der Waals surface area contributed by atoms with E-state index in [1.807, 2.05) is 50.5 Å². The van der Waals surface area contributed by atoms with Crippen LogP contribution in [-0.2, 0) is 11.8 Å². The molecule has 0 saturated carbocycles. The molecular formula is C20H19N5O3S. The van der Waals surface area contributed by atoms with E-state index < -0.39 is 23.6 Å². The second-order valence-corrected chi connectivity index (χ2v) is 8.55. The summed E-state index contributed by atoms with van der Waals surface area (Å²) in [7, 11) is 1.83. The van der Waals surface area contributed by atoms with Crippen LogP contribution in [-0.4, -0.2) is 26.0 Å². The number of aryl methyl sites for hydroxylation is 2. The van der Waals surface area contributed by atoms with Crippen LogP contribution in [0.4, 0.5) is 0 Å². The molecule has 0 unspecified atom stereocenters. The van der Waals surface area contributed by atoms with Gasteiger partial charge in [0.25, 0.3) is 5.56 Å². The van der Waals surface area contributed by atoms with Gasteiger partial charge in [0.1, 0.15) is 11.7 Å². The molecule has 3 aromatic rings. The van der Waals surface area contributed by atoms with Gasteiger partial charge in [-0.1, -0.05) is 29.5 Å². The van der Waals surface area contributed by atoms with Crippen LogP contribution in [0.25, 0.3) is 6.08 Å². The van der Waals surface area contributed by atoms with Gasteiger partial charge in [0.15, 0.2) is 4.80 Å². The van der Waals surface area contributed by atoms with Crippen LogP contribution in [0.1, 0.15) is 29.8 Å². The molecule has 2 aromatic heterocycles. The maximum atomic E-state index is 13.4. The smallest absolute Gasteiger partial charge is 0.270 e. The van der Waals surface area contributed by atoms with Gasteiger partial charge in [-0.05, 0) is 26.0 Å². The Kier molecular flexibility index (Phi) is 3.63. The number of aromatic nitrogens is 3. The lowest BCUT2D eigenvalue weighted by atomic mass is 9.81. The van der Waals surface area contributed by atoms with E-state index in [4.69, 9.17) is 10.5 Å². The van der Waals surface area contributed by atoms with Crippen molar-refractivity contribution in [1.29, 1.82) is 0 Å². The normalized spacial score (nSPS) is 25.0. The van der Waals surface area contributed by atoms with E-state index in [9.17, 15) is 9.59 Å². The van der Waals surface area contributed by atoms with Gasteiger partial charge >= 0.3 is 0 Å². The Labute approximate surface area is 169 Å². The van der Waals surface area contributed by atoms with Crippen molar-refractivity contribution in [2.75, 3.05) is 0 Å². The van der Waals surface area contributed by atoms with Crippen LogP contribution in [0, 0.1) is 12.8 Å². The Morgan fingerprint density at radius 3 is 2.83 bits per heavy atom. The number of carbonyl (C=O) groups is 1. The molecule has 0 aliphatic carbocycles. The largest absolute Gasteiger partial charge is 0.465 e. The van der Waals surface area contributed by atoms with Crippen molar-refractivity contribution in [3.05, 3.63) is 67.0 Å². The average molecular weight is 409 g/mol. The molecule has 0 radical (unpaired) electrons. The summed E-state index contributed by atoms with van der Waals surface area (Å²) in [5, 5.41) is 4.32. The van der Waals surface area contributed by atoms with Crippen LogP contribution in [0.2, 0.25) is 0 Å². The number of benzene rings is 1. The standard InChI is InChI=1S/C20H19N5O3S/c1-10-11(9-24(3)23-10)8-14-18(27)25-16-12-6-4-5-7-13(12)28-20(2,15(16)17(21)26)22-19(25)29-14/h4-9,15-16H,1-3H3,(H2,21,26)/b14-8-/t15-,16-,20+/m0/s1. The predicted molar refractivity (Wildman–Crippen MR) is 107 cm³/mol. The van der Waals surface area contributed by atoms with Crippen molar-refractivity contribution in [2.45, 2.75) is 25.6 Å². The monoisotopic (exact) mass is 409 g/mol. The Morgan fingerprint density at radius 2 is 2.14 bits per heavy atom. The molecule has 29 heavy (non-hydrogen) atoms. The highest BCUT2D eigenvalue weighted by Crippen LogP contribution is 2.46. The maximum Gasteiger partial charge on any atom is 0.270 e. The average Bonchev–Trinajstić information content (AvgIpc) is 3.11. The third-order valence-corrected chi connectivity index (χ3v) is 6.51. The highest BCUT2D eigenvalue weighted by Gasteiger charge is 2.54. The van der Waals surface area contributed by atoms with E-state index in [1.54, 1.807) is 16.2 Å². The van der Waals surface area contributed by atoms with Gasteiger partial charge in [0, 0.05) is 24.4 Å². The molecular weight excluding hydrogens is 390 g/mol. The van der Waals surface area contributed by atoms with E-state index in [2.05, 4.69) is 10.1 Å². The number of primary amides is 1. The number of para-hydroxylation sites is 1. The fourth-order valence-electron chi connectivity index (χ4n) is 4.28. The fourth-order valence-corrected chi connectivity index (χ4v) is 5.37. The molecule has 148 valence electrons. The Morgan fingerprint density at radius 1 is 1.38 bits per heavy atom. The summed E-state index contributed by atoms with van der Waals surface area (Å²) >= 11 is 1.28. The van der Waals surface area contributed by atoms with Gasteiger partial charge in [-0.2, -0.15) is 5.10 Å². The summed E-state index contributed by atoms with van der Waals surface area (Å²) in [5.74, 6) is -0.725. The number of carbonyl (C=O) groups excluding carboxylic acids is 1. The molecule has 2 N–H and O–H groups in total. The van der Waals surface area contributed by atoms with E-state index in [0.29, 0.717) is 15.1 Å².